The van der Waals surface area contributed by atoms with Crippen LogP contribution in [0, 0.1) is 0 Å². The van der Waals surface area contributed by atoms with E-state index in [0.29, 0.717) is 22.9 Å². The maximum atomic E-state index is 6.18. The van der Waals surface area contributed by atoms with Gasteiger partial charge in [-0.3, -0.25) is 0 Å². The summed E-state index contributed by atoms with van der Waals surface area (Å²) >= 11 is 9.70. The number of hydrogen-bond donors (Lipinski definition) is 1. The summed E-state index contributed by atoms with van der Waals surface area (Å²) in [4.78, 5) is 4.88. The highest BCUT2D eigenvalue weighted by molar-refractivity contribution is 9.10. The van der Waals surface area contributed by atoms with Crippen LogP contribution >= 0.6 is 27.5 Å². The number of anilines is 1. The zero-order valence-corrected chi connectivity index (χ0v) is 17.5. The van der Waals surface area contributed by atoms with Gasteiger partial charge in [-0.1, -0.05) is 69.1 Å². The van der Waals surface area contributed by atoms with Gasteiger partial charge in [0.15, 0.2) is 5.65 Å². The van der Waals surface area contributed by atoms with Crippen LogP contribution in [0.15, 0.2) is 77.3 Å². The molecular weight excluding hydrogens is 450 g/mol. The van der Waals surface area contributed by atoms with Crippen molar-refractivity contribution in [1.29, 1.82) is 0 Å². The summed E-state index contributed by atoms with van der Waals surface area (Å²) in [6, 6.07) is 23.8. The molecule has 142 valence electrons. The van der Waals surface area contributed by atoms with Gasteiger partial charge in [0.05, 0.1) is 5.52 Å². The average Bonchev–Trinajstić information content (AvgIpc) is 3.16. The highest BCUT2D eigenvalue weighted by Gasteiger charge is 2.15. The fourth-order valence-corrected chi connectivity index (χ4v) is 3.99. The number of aromatic nitrogens is 4. The van der Waals surface area contributed by atoms with Crippen LogP contribution in [0.4, 0.5) is 5.82 Å². The first-order valence-electron chi connectivity index (χ1n) is 9.07. The molecule has 5 nitrogen and oxygen atoms in total. The number of fused-ring (bicyclic) bond motifs is 3. The molecule has 0 fully saturated rings. The Balaban J connectivity index is 1.65. The molecule has 0 saturated carbocycles. The highest BCUT2D eigenvalue weighted by Crippen LogP contribution is 2.29. The molecule has 0 unspecified atom stereocenters. The third kappa shape index (κ3) is 3.45. The minimum Gasteiger partial charge on any atom is -0.365 e. The van der Waals surface area contributed by atoms with E-state index < -0.39 is 0 Å². The van der Waals surface area contributed by atoms with Crippen molar-refractivity contribution >= 4 is 49.9 Å². The lowest BCUT2D eigenvalue weighted by Crippen LogP contribution is -2.05. The third-order valence-electron chi connectivity index (χ3n) is 4.70. The van der Waals surface area contributed by atoms with E-state index in [1.165, 1.54) is 0 Å². The largest absolute Gasteiger partial charge is 0.365 e. The topological polar surface area (TPSA) is 55.1 Å². The molecule has 5 rings (SSSR count). The van der Waals surface area contributed by atoms with Gasteiger partial charge < -0.3 is 5.32 Å². The molecule has 0 spiro atoms. The molecule has 7 heteroatoms. The van der Waals surface area contributed by atoms with Crippen molar-refractivity contribution in [2.75, 3.05) is 5.32 Å². The van der Waals surface area contributed by atoms with E-state index in [2.05, 4.69) is 43.7 Å². The number of para-hydroxylation sites is 1. The lowest BCUT2D eigenvalue weighted by atomic mass is 10.1. The number of rotatable bonds is 4. The second kappa shape index (κ2) is 7.46. The summed E-state index contributed by atoms with van der Waals surface area (Å²) < 4.78 is 2.82. The second-order valence-corrected chi connectivity index (χ2v) is 8.00. The van der Waals surface area contributed by atoms with E-state index >= 15 is 0 Å². The van der Waals surface area contributed by atoms with Gasteiger partial charge in [-0.15, -0.1) is 5.10 Å². The van der Waals surface area contributed by atoms with Crippen molar-refractivity contribution in [2.45, 2.75) is 6.54 Å². The Morgan fingerprint density at radius 2 is 1.83 bits per heavy atom. The Kier molecular flexibility index (Phi) is 4.66. The quantitative estimate of drug-likeness (QED) is 0.356. The Morgan fingerprint density at radius 1 is 0.966 bits per heavy atom. The van der Waals surface area contributed by atoms with E-state index in [0.717, 1.165) is 32.3 Å². The van der Waals surface area contributed by atoms with Crippen LogP contribution < -0.4 is 5.32 Å². The van der Waals surface area contributed by atoms with Crippen LogP contribution in [0.5, 0.6) is 0 Å². The van der Waals surface area contributed by atoms with Crippen molar-refractivity contribution in [3.05, 3.63) is 87.9 Å². The molecule has 0 atom stereocenters. The molecule has 0 aliphatic carbocycles. The SMILES string of the molecule is Clc1cccc(-c2nnn3c2nc(NCc2cccc(Br)c2)c2ccccc23)c1. The Hall–Kier alpha value is -2.96. The Labute approximate surface area is 180 Å². The predicted octanol–water partition coefficient (Wildman–Crippen LogP) is 5.97. The van der Waals surface area contributed by atoms with Crippen molar-refractivity contribution < 1.29 is 0 Å². The standard InChI is InChI=1S/C22H15BrClN5/c23-16-7-3-5-14(11-16)13-25-21-18-9-1-2-10-19(18)29-22(26-21)20(27-28-29)15-6-4-8-17(24)12-15/h1-12H,13H2,(H,25,26). The van der Waals surface area contributed by atoms with Gasteiger partial charge in [-0.25, -0.2) is 4.98 Å². The smallest absolute Gasteiger partial charge is 0.186 e. The van der Waals surface area contributed by atoms with E-state index in [9.17, 15) is 0 Å². The molecule has 2 aromatic heterocycles. The summed E-state index contributed by atoms with van der Waals surface area (Å²) in [7, 11) is 0. The summed E-state index contributed by atoms with van der Waals surface area (Å²) in [6.07, 6.45) is 0. The molecule has 0 saturated heterocycles. The second-order valence-electron chi connectivity index (χ2n) is 6.64. The van der Waals surface area contributed by atoms with E-state index in [1.54, 1.807) is 4.52 Å². The number of nitrogens with one attached hydrogen (secondary N) is 1. The number of nitrogens with zero attached hydrogens (tertiary/aromatic N) is 4. The fraction of sp³-hybridized carbons (Fsp3) is 0.0455. The molecule has 3 aromatic carbocycles. The molecule has 0 bridgehead atoms. The van der Waals surface area contributed by atoms with E-state index in [4.69, 9.17) is 16.6 Å². The van der Waals surface area contributed by atoms with Gasteiger partial charge in [-0.05, 0) is 42.0 Å². The third-order valence-corrected chi connectivity index (χ3v) is 5.43. The van der Waals surface area contributed by atoms with Crippen LogP contribution in [0.1, 0.15) is 5.56 Å². The van der Waals surface area contributed by atoms with Gasteiger partial charge in [0, 0.05) is 27.0 Å². The predicted molar refractivity (Wildman–Crippen MR) is 120 cm³/mol. The molecule has 0 aliphatic rings. The Bertz CT molecular complexity index is 1350. The summed E-state index contributed by atoms with van der Waals surface area (Å²) in [6.45, 7) is 0.653. The van der Waals surface area contributed by atoms with Crippen molar-refractivity contribution in [3.63, 3.8) is 0 Å². The number of halogens is 2. The van der Waals surface area contributed by atoms with Crippen LogP contribution in [0.25, 0.3) is 27.8 Å². The maximum absolute atomic E-state index is 6.18. The van der Waals surface area contributed by atoms with Gasteiger partial charge >= 0.3 is 0 Å². The van der Waals surface area contributed by atoms with Crippen LogP contribution in [-0.2, 0) is 6.54 Å². The number of benzene rings is 3. The van der Waals surface area contributed by atoms with E-state index in [1.807, 2.05) is 60.7 Å². The van der Waals surface area contributed by atoms with E-state index in [-0.39, 0.29) is 0 Å². The van der Waals surface area contributed by atoms with Crippen molar-refractivity contribution in [3.8, 4) is 11.3 Å². The molecule has 29 heavy (non-hydrogen) atoms. The molecule has 0 amide bonds. The first kappa shape index (κ1) is 18.1. The zero-order valence-electron chi connectivity index (χ0n) is 15.2. The van der Waals surface area contributed by atoms with Crippen LogP contribution in [-0.4, -0.2) is 19.8 Å². The molecular formula is C22H15BrClN5. The molecule has 2 heterocycles. The minimum absolute atomic E-state index is 0.650. The maximum Gasteiger partial charge on any atom is 0.186 e. The molecule has 0 aliphatic heterocycles. The minimum atomic E-state index is 0.650. The van der Waals surface area contributed by atoms with Crippen LogP contribution in [0.3, 0.4) is 0 Å². The van der Waals surface area contributed by atoms with Crippen molar-refractivity contribution in [1.82, 2.24) is 19.8 Å². The van der Waals surface area contributed by atoms with Gasteiger partial charge in [-0.2, -0.15) is 4.52 Å². The van der Waals surface area contributed by atoms with Crippen molar-refractivity contribution in [2.24, 2.45) is 0 Å². The first-order chi connectivity index (χ1) is 14.2. The van der Waals surface area contributed by atoms with Gasteiger partial charge in [0.25, 0.3) is 0 Å². The molecule has 1 N–H and O–H groups in total. The molecule has 0 radical (unpaired) electrons. The highest BCUT2D eigenvalue weighted by atomic mass is 79.9. The zero-order chi connectivity index (χ0) is 19.8. The lowest BCUT2D eigenvalue weighted by Gasteiger charge is -2.11. The lowest BCUT2D eigenvalue weighted by molar-refractivity contribution is 0.876. The summed E-state index contributed by atoms with van der Waals surface area (Å²) in [5, 5.41) is 13.8. The summed E-state index contributed by atoms with van der Waals surface area (Å²) in [5.41, 5.74) is 4.36. The fourth-order valence-electron chi connectivity index (χ4n) is 3.35. The first-order valence-corrected chi connectivity index (χ1v) is 10.2. The number of hydrogen-bond acceptors (Lipinski definition) is 4. The van der Waals surface area contributed by atoms with Crippen LogP contribution in [0.2, 0.25) is 5.02 Å². The monoisotopic (exact) mass is 463 g/mol. The summed E-state index contributed by atoms with van der Waals surface area (Å²) in [5.74, 6) is 0.790. The van der Waals surface area contributed by atoms with Gasteiger partial charge in [0.1, 0.15) is 11.5 Å². The molecule has 5 aromatic rings. The van der Waals surface area contributed by atoms with Gasteiger partial charge in [0.2, 0.25) is 0 Å². The normalized spacial score (nSPS) is 11.2. The average molecular weight is 465 g/mol. The Morgan fingerprint density at radius 3 is 2.69 bits per heavy atom.